The van der Waals surface area contributed by atoms with E-state index in [1.807, 2.05) is 0 Å². The summed E-state index contributed by atoms with van der Waals surface area (Å²) >= 11 is 1.22. The molecule has 0 saturated carbocycles. The van der Waals surface area contributed by atoms with Gasteiger partial charge in [-0.2, -0.15) is 0 Å². The van der Waals surface area contributed by atoms with E-state index < -0.39 is 17.6 Å². The van der Waals surface area contributed by atoms with Gasteiger partial charge in [-0.3, -0.25) is 0 Å². The number of rotatable bonds is 6. The fraction of sp³-hybridized carbons (Fsp3) is 0.286. The van der Waals surface area contributed by atoms with Crippen LogP contribution in [-0.2, 0) is 11.3 Å². The van der Waals surface area contributed by atoms with Gasteiger partial charge >= 0.3 is 5.97 Å². The maximum Gasteiger partial charge on any atom is 0.362 e. The normalized spacial score (nSPS) is 10.4. The van der Waals surface area contributed by atoms with Crippen molar-refractivity contribution in [2.45, 2.75) is 18.6 Å². The second-order valence-corrected chi connectivity index (χ2v) is 5.04. The first-order chi connectivity index (χ1) is 11.1. The van der Waals surface area contributed by atoms with Gasteiger partial charge in [0.15, 0.2) is 5.82 Å². The number of carbonyl (C=O) groups is 1. The van der Waals surface area contributed by atoms with Crippen molar-refractivity contribution in [2.75, 3.05) is 18.2 Å². The van der Waals surface area contributed by atoms with Crippen LogP contribution in [0.3, 0.4) is 0 Å². The van der Waals surface area contributed by atoms with Gasteiger partial charge in [0.2, 0.25) is 10.9 Å². The Morgan fingerprint density at radius 2 is 2.00 bits per heavy atom. The lowest BCUT2D eigenvalue weighted by atomic mass is 10.2. The predicted molar refractivity (Wildman–Crippen MR) is 81.2 cm³/mol. The van der Waals surface area contributed by atoms with Crippen molar-refractivity contribution in [2.24, 2.45) is 0 Å². The highest BCUT2D eigenvalue weighted by molar-refractivity contribution is 7.98. The van der Waals surface area contributed by atoms with Crippen molar-refractivity contribution in [1.82, 2.24) is 15.2 Å². The van der Waals surface area contributed by atoms with Crippen molar-refractivity contribution in [3.8, 4) is 0 Å². The molecule has 9 heteroatoms. The van der Waals surface area contributed by atoms with Crippen LogP contribution >= 0.6 is 11.8 Å². The van der Waals surface area contributed by atoms with Crippen LogP contribution in [0.25, 0.3) is 0 Å². The van der Waals surface area contributed by atoms with Gasteiger partial charge in [0.25, 0.3) is 0 Å². The SMILES string of the molecule is CCOC(=O)c1nnc(SC)nc1NCc1c(F)cccc1F. The number of ether oxygens (including phenoxy) is 1. The topological polar surface area (TPSA) is 77.0 Å². The van der Waals surface area contributed by atoms with E-state index in [1.165, 1.54) is 17.8 Å². The first-order valence-electron chi connectivity index (χ1n) is 6.69. The molecular weight excluding hydrogens is 326 g/mol. The molecule has 1 heterocycles. The Hall–Kier alpha value is -2.29. The van der Waals surface area contributed by atoms with E-state index in [0.717, 1.165) is 12.1 Å². The zero-order valence-corrected chi connectivity index (χ0v) is 13.3. The maximum absolute atomic E-state index is 13.7. The van der Waals surface area contributed by atoms with Crippen LogP contribution in [0.15, 0.2) is 23.4 Å². The number of thioether (sulfide) groups is 1. The summed E-state index contributed by atoms with van der Waals surface area (Å²) in [6, 6.07) is 3.58. The van der Waals surface area contributed by atoms with Crippen LogP contribution in [0.1, 0.15) is 23.0 Å². The van der Waals surface area contributed by atoms with Gasteiger partial charge in [-0.05, 0) is 25.3 Å². The van der Waals surface area contributed by atoms with E-state index in [-0.39, 0.29) is 30.2 Å². The number of hydrogen-bond acceptors (Lipinski definition) is 7. The fourth-order valence-corrected chi connectivity index (χ4v) is 2.04. The summed E-state index contributed by atoms with van der Waals surface area (Å²) in [5.41, 5.74) is -0.298. The van der Waals surface area contributed by atoms with Crippen molar-refractivity contribution >= 4 is 23.5 Å². The number of hydrogen-bond donors (Lipinski definition) is 1. The number of carbonyl (C=O) groups excluding carboxylic acids is 1. The Balaban J connectivity index is 2.28. The van der Waals surface area contributed by atoms with Gasteiger partial charge in [0.1, 0.15) is 11.6 Å². The van der Waals surface area contributed by atoms with Crippen LogP contribution in [0.5, 0.6) is 0 Å². The molecule has 0 amide bonds. The molecule has 0 radical (unpaired) electrons. The Morgan fingerprint density at radius 3 is 2.61 bits per heavy atom. The third-order valence-electron chi connectivity index (χ3n) is 2.81. The highest BCUT2D eigenvalue weighted by Crippen LogP contribution is 2.18. The van der Waals surface area contributed by atoms with E-state index in [0.29, 0.717) is 5.16 Å². The van der Waals surface area contributed by atoms with Gasteiger partial charge in [-0.25, -0.2) is 18.6 Å². The zero-order valence-electron chi connectivity index (χ0n) is 12.5. The van der Waals surface area contributed by atoms with Crippen LogP contribution in [0.4, 0.5) is 14.6 Å². The lowest BCUT2D eigenvalue weighted by molar-refractivity contribution is 0.0518. The third-order valence-corrected chi connectivity index (χ3v) is 3.35. The summed E-state index contributed by atoms with van der Waals surface area (Å²) in [6.45, 7) is 1.61. The van der Waals surface area contributed by atoms with E-state index in [2.05, 4.69) is 20.5 Å². The molecule has 0 spiro atoms. The fourth-order valence-electron chi connectivity index (χ4n) is 1.73. The number of esters is 1. The minimum absolute atomic E-state index is 0.0606. The Morgan fingerprint density at radius 1 is 1.30 bits per heavy atom. The van der Waals surface area contributed by atoms with Gasteiger partial charge in [0, 0.05) is 12.1 Å². The summed E-state index contributed by atoms with van der Waals surface area (Å²) in [5.74, 6) is -2.04. The zero-order chi connectivity index (χ0) is 16.8. The molecule has 0 saturated heterocycles. The van der Waals surface area contributed by atoms with E-state index in [4.69, 9.17) is 4.74 Å². The van der Waals surface area contributed by atoms with Gasteiger partial charge in [-0.15, -0.1) is 10.2 Å². The van der Waals surface area contributed by atoms with Crippen LogP contribution in [0.2, 0.25) is 0 Å². The molecule has 2 aromatic rings. The summed E-state index contributed by atoms with van der Waals surface area (Å²) in [4.78, 5) is 16.0. The second-order valence-electron chi connectivity index (χ2n) is 4.27. The molecule has 1 aromatic carbocycles. The molecule has 122 valence electrons. The first-order valence-corrected chi connectivity index (χ1v) is 7.91. The molecule has 0 aliphatic carbocycles. The van der Waals surface area contributed by atoms with E-state index >= 15 is 0 Å². The molecule has 2 rings (SSSR count). The van der Waals surface area contributed by atoms with Crippen LogP contribution < -0.4 is 5.32 Å². The minimum atomic E-state index is -0.711. The van der Waals surface area contributed by atoms with Gasteiger partial charge in [-0.1, -0.05) is 17.8 Å². The van der Waals surface area contributed by atoms with Crippen molar-refractivity contribution in [3.63, 3.8) is 0 Å². The molecule has 0 aliphatic heterocycles. The molecular formula is C14H14F2N4O2S. The Bertz CT molecular complexity index is 695. The number of anilines is 1. The van der Waals surface area contributed by atoms with Crippen molar-refractivity contribution < 1.29 is 18.3 Å². The van der Waals surface area contributed by atoms with Gasteiger partial charge in [0.05, 0.1) is 6.61 Å². The minimum Gasteiger partial charge on any atom is -0.461 e. The average Bonchev–Trinajstić information content (AvgIpc) is 2.54. The molecule has 0 aliphatic rings. The van der Waals surface area contributed by atoms with Crippen LogP contribution in [0, 0.1) is 11.6 Å². The lowest BCUT2D eigenvalue weighted by Crippen LogP contribution is -2.16. The summed E-state index contributed by atoms with van der Waals surface area (Å²) in [5, 5.41) is 10.6. The van der Waals surface area contributed by atoms with Gasteiger partial charge < -0.3 is 10.1 Å². The molecule has 0 unspecified atom stereocenters. The van der Waals surface area contributed by atoms with Crippen molar-refractivity contribution in [1.29, 1.82) is 0 Å². The molecule has 1 N–H and O–H groups in total. The number of nitrogens with one attached hydrogen (secondary N) is 1. The highest BCUT2D eigenvalue weighted by Gasteiger charge is 2.19. The quantitative estimate of drug-likeness (QED) is 0.640. The average molecular weight is 340 g/mol. The number of aromatic nitrogens is 3. The molecule has 0 bridgehead atoms. The number of benzene rings is 1. The first kappa shape index (κ1) is 17.1. The van der Waals surface area contributed by atoms with Crippen LogP contribution in [-0.4, -0.2) is 34.0 Å². The molecule has 6 nitrogen and oxygen atoms in total. The molecule has 0 atom stereocenters. The van der Waals surface area contributed by atoms with E-state index in [1.54, 1.807) is 13.2 Å². The Kier molecular flexibility index (Phi) is 5.80. The largest absolute Gasteiger partial charge is 0.461 e. The number of halogens is 2. The van der Waals surface area contributed by atoms with E-state index in [9.17, 15) is 13.6 Å². The Labute approximate surface area is 135 Å². The smallest absolute Gasteiger partial charge is 0.362 e. The molecule has 1 aromatic heterocycles. The predicted octanol–water partition coefficient (Wildman–Crippen LogP) is 2.66. The molecule has 23 heavy (non-hydrogen) atoms. The summed E-state index contributed by atoms with van der Waals surface area (Å²) < 4.78 is 32.2. The summed E-state index contributed by atoms with van der Waals surface area (Å²) in [7, 11) is 0. The summed E-state index contributed by atoms with van der Waals surface area (Å²) in [6.07, 6.45) is 1.74. The number of nitrogens with zero attached hydrogens (tertiary/aromatic N) is 3. The highest BCUT2D eigenvalue weighted by atomic mass is 32.2. The standard InChI is InChI=1S/C14H14F2N4O2S/c1-3-22-13(21)11-12(18-14(23-2)20-19-11)17-7-8-9(15)5-4-6-10(8)16/h4-6H,3,7H2,1-2H3,(H,17,18,20). The third kappa shape index (κ3) is 4.13. The second kappa shape index (κ2) is 7.82. The molecule has 0 fully saturated rings. The lowest BCUT2D eigenvalue weighted by Gasteiger charge is -2.11. The maximum atomic E-state index is 13.7. The van der Waals surface area contributed by atoms with Crippen molar-refractivity contribution in [3.05, 3.63) is 41.1 Å². The monoisotopic (exact) mass is 340 g/mol.